The molecule has 0 atom stereocenters. The summed E-state index contributed by atoms with van der Waals surface area (Å²) in [5, 5.41) is 9.65. The standard InChI is InChI=1S/C21H35N5O2/c1-5-22-20(23-9-10-26-11-13-28-14-12-26)24-16-17-7-6-8-18(15-17)19(27)25-21(2,3)4/h6-8,15H,5,9-14,16H2,1-4H3,(H,25,27)(H2,22,23,24). The van der Waals surface area contributed by atoms with Crippen LogP contribution in [0.4, 0.5) is 0 Å². The molecular weight excluding hydrogens is 354 g/mol. The van der Waals surface area contributed by atoms with Crippen LogP contribution in [-0.4, -0.2) is 68.2 Å². The van der Waals surface area contributed by atoms with E-state index in [1.165, 1.54) is 0 Å². The predicted molar refractivity (Wildman–Crippen MR) is 114 cm³/mol. The van der Waals surface area contributed by atoms with Crippen molar-refractivity contribution in [2.45, 2.75) is 39.8 Å². The highest BCUT2D eigenvalue weighted by Gasteiger charge is 2.15. The smallest absolute Gasteiger partial charge is 0.251 e. The van der Waals surface area contributed by atoms with Crippen molar-refractivity contribution in [2.75, 3.05) is 45.9 Å². The van der Waals surface area contributed by atoms with Gasteiger partial charge in [0.1, 0.15) is 0 Å². The van der Waals surface area contributed by atoms with Gasteiger partial charge in [0.05, 0.1) is 19.8 Å². The lowest BCUT2D eigenvalue weighted by Gasteiger charge is -2.26. The van der Waals surface area contributed by atoms with Crippen LogP contribution in [0.2, 0.25) is 0 Å². The summed E-state index contributed by atoms with van der Waals surface area (Å²) in [6, 6.07) is 7.64. The molecule has 1 saturated heterocycles. The van der Waals surface area contributed by atoms with Crippen molar-refractivity contribution < 1.29 is 9.53 Å². The Hall–Kier alpha value is -2.12. The van der Waals surface area contributed by atoms with Crippen LogP contribution in [0.3, 0.4) is 0 Å². The van der Waals surface area contributed by atoms with E-state index in [0.29, 0.717) is 12.1 Å². The van der Waals surface area contributed by atoms with Gasteiger partial charge in [-0.3, -0.25) is 9.69 Å². The molecule has 7 nitrogen and oxygen atoms in total. The van der Waals surface area contributed by atoms with Crippen molar-refractivity contribution in [1.29, 1.82) is 0 Å². The number of carbonyl (C=O) groups is 1. The van der Waals surface area contributed by atoms with Crippen LogP contribution >= 0.6 is 0 Å². The summed E-state index contributed by atoms with van der Waals surface area (Å²) in [6.45, 7) is 14.7. The number of hydrogen-bond acceptors (Lipinski definition) is 4. The molecule has 1 aliphatic heterocycles. The number of amides is 1. The minimum atomic E-state index is -0.256. The van der Waals surface area contributed by atoms with Gasteiger partial charge >= 0.3 is 0 Å². The summed E-state index contributed by atoms with van der Waals surface area (Å²) >= 11 is 0. The number of ether oxygens (including phenoxy) is 1. The van der Waals surface area contributed by atoms with Crippen LogP contribution in [0.15, 0.2) is 29.3 Å². The molecule has 0 bridgehead atoms. The Morgan fingerprint density at radius 3 is 2.64 bits per heavy atom. The maximum Gasteiger partial charge on any atom is 0.251 e. The molecule has 28 heavy (non-hydrogen) atoms. The molecule has 1 aliphatic rings. The van der Waals surface area contributed by atoms with E-state index in [2.05, 4.69) is 32.8 Å². The number of benzene rings is 1. The van der Waals surface area contributed by atoms with Gasteiger partial charge in [-0.2, -0.15) is 0 Å². The molecule has 7 heteroatoms. The number of carbonyl (C=O) groups excluding carboxylic acids is 1. The lowest BCUT2D eigenvalue weighted by molar-refractivity contribution is 0.0389. The first kappa shape index (κ1) is 22.2. The molecule has 2 rings (SSSR count). The molecule has 3 N–H and O–H groups in total. The molecular formula is C21H35N5O2. The van der Waals surface area contributed by atoms with Crippen LogP contribution in [0, 0.1) is 0 Å². The van der Waals surface area contributed by atoms with Crippen molar-refractivity contribution in [1.82, 2.24) is 20.9 Å². The first-order valence-electron chi connectivity index (χ1n) is 10.1. The summed E-state index contributed by atoms with van der Waals surface area (Å²) in [7, 11) is 0. The average Bonchev–Trinajstić information content (AvgIpc) is 2.66. The van der Waals surface area contributed by atoms with E-state index in [1.807, 2.05) is 45.0 Å². The first-order chi connectivity index (χ1) is 13.4. The maximum atomic E-state index is 12.4. The first-order valence-corrected chi connectivity index (χ1v) is 10.1. The van der Waals surface area contributed by atoms with Crippen molar-refractivity contribution in [2.24, 2.45) is 4.99 Å². The van der Waals surface area contributed by atoms with E-state index in [9.17, 15) is 4.79 Å². The minimum Gasteiger partial charge on any atom is -0.379 e. The van der Waals surface area contributed by atoms with Crippen molar-refractivity contribution in [3.05, 3.63) is 35.4 Å². The Kier molecular flexibility index (Phi) is 8.73. The fourth-order valence-corrected chi connectivity index (χ4v) is 2.89. The molecule has 0 radical (unpaired) electrons. The quantitative estimate of drug-likeness (QED) is 0.488. The number of rotatable bonds is 7. The van der Waals surface area contributed by atoms with E-state index in [1.54, 1.807) is 0 Å². The van der Waals surface area contributed by atoms with Crippen LogP contribution in [0.25, 0.3) is 0 Å². The third kappa shape index (κ3) is 8.27. The maximum absolute atomic E-state index is 12.4. The zero-order chi connectivity index (χ0) is 20.4. The van der Waals surface area contributed by atoms with E-state index >= 15 is 0 Å². The van der Waals surface area contributed by atoms with Gasteiger partial charge in [-0.15, -0.1) is 0 Å². The lowest BCUT2D eigenvalue weighted by atomic mass is 10.1. The molecule has 156 valence electrons. The molecule has 1 fully saturated rings. The minimum absolute atomic E-state index is 0.0612. The fourth-order valence-electron chi connectivity index (χ4n) is 2.89. The van der Waals surface area contributed by atoms with Gasteiger partial charge in [0.2, 0.25) is 0 Å². The van der Waals surface area contributed by atoms with Gasteiger partial charge in [-0.25, -0.2) is 4.99 Å². The molecule has 0 aliphatic carbocycles. The number of guanidine groups is 1. The lowest BCUT2D eigenvalue weighted by Crippen LogP contribution is -2.44. The SMILES string of the molecule is CCNC(=NCc1cccc(C(=O)NC(C)(C)C)c1)NCCN1CCOCC1. The van der Waals surface area contributed by atoms with Gasteiger partial charge in [0.25, 0.3) is 5.91 Å². The number of nitrogens with one attached hydrogen (secondary N) is 3. The van der Waals surface area contributed by atoms with E-state index < -0.39 is 0 Å². The Bertz CT molecular complexity index is 648. The summed E-state index contributed by atoms with van der Waals surface area (Å²) in [5.74, 6) is 0.731. The highest BCUT2D eigenvalue weighted by atomic mass is 16.5. The molecule has 1 amide bonds. The number of hydrogen-bond donors (Lipinski definition) is 3. The molecule has 0 saturated carbocycles. The Morgan fingerprint density at radius 2 is 1.96 bits per heavy atom. The van der Waals surface area contributed by atoms with Crippen LogP contribution in [0.5, 0.6) is 0 Å². The second-order valence-corrected chi connectivity index (χ2v) is 7.98. The van der Waals surface area contributed by atoms with Gasteiger partial charge in [0, 0.05) is 43.8 Å². The third-order valence-corrected chi connectivity index (χ3v) is 4.27. The van der Waals surface area contributed by atoms with Gasteiger partial charge in [-0.05, 0) is 45.4 Å². The van der Waals surface area contributed by atoms with Crippen LogP contribution < -0.4 is 16.0 Å². The van der Waals surface area contributed by atoms with Crippen LogP contribution in [-0.2, 0) is 11.3 Å². The summed E-state index contributed by atoms with van der Waals surface area (Å²) in [6.07, 6.45) is 0. The Labute approximate surface area is 168 Å². The van der Waals surface area contributed by atoms with Gasteiger partial charge in [0.15, 0.2) is 5.96 Å². The highest BCUT2D eigenvalue weighted by molar-refractivity contribution is 5.94. The summed E-state index contributed by atoms with van der Waals surface area (Å²) in [4.78, 5) is 19.4. The van der Waals surface area contributed by atoms with Gasteiger partial charge in [-0.1, -0.05) is 12.1 Å². The predicted octanol–water partition coefficient (Wildman–Crippen LogP) is 1.60. The fraction of sp³-hybridized carbons (Fsp3) is 0.619. The monoisotopic (exact) mass is 389 g/mol. The molecule has 0 aromatic heterocycles. The van der Waals surface area contributed by atoms with Crippen molar-refractivity contribution in [3.8, 4) is 0 Å². The van der Waals surface area contributed by atoms with E-state index in [-0.39, 0.29) is 11.4 Å². The second kappa shape index (κ2) is 11.0. The molecule has 1 aromatic rings. The van der Waals surface area contributed by atoms with E-state index in [4.69, 9.17) is 4.74 Å². The van der Waals surface area contributed by atoms with Crippen molar-refractivity contribution in [3.63, 3.8) is 0 Å². The molecule has 1 heterocycles. The Balaban J connectivity index is 1.90. The van der Waals surface area contributed by atoms with Crippen LogP contribution in [0.1, 0.15) is 43.6 Å². The normalized spacial score (nSPS) is 15.9. The topological polar surface area (TPSA) is 78.0 Å². The molecule has 0 unspecified atom stereocenters. The molecule has 1 aromatic carbocycles. The summed E-state index contributed by atoms with van der Waals surface area (Å²) < 4.78 is 5.38. The number of aliphatic imine (C=N–C) groups is 1. The van der Waals surface area contributed by atoms with Gasteiger partial charge < -0.3 is 20.7 Å². The number of morpholine rings is 1. The Morgan fingerprint density at radius 1 is 1.21 bits per heavy atom. The zero-order valence-electron chi connectivity index (χ0n) is 17.7. The second-order valence-electron chi connectivity index (χ2n) is 7.98. The average molecular weight is 390 g/mol. The van der Waals surface area contributed by atoms with E-state index in [0.717, 1.165) is 57.5 Å². The third-order valence-electron chi connectivity index (χ3n) is 4.27. The zero-order valence-corrected chi connectivity index (χ0v) is 17.7. The summed E-state index contributed by atoms with van der Waals surface area (Å²) in [5.41, 5.74) is 1.41. The molecule has 0 spiro atoms. The highest BCUT2D eigenvalue weighted by Crippen LogP contribution is 2.09. The number of nitrogens with zero attached hydrogens (tertiary/aromatic N) is 2. The largest absolute Gasteiger partial charge is 0.379 e. The van der Waals surface area contributed by atoms with Crippen molar-refractivity contribution >= 4 is 11.9 Å².